The van der Waals surface area contributed by atoms with Crippen LogP contribution in [0.4, 0.5) is 21.9 Å². The number of amides is 2. The highest BCUT2D eigenvalue weighted by Gasteiger charge is 2.08. The zero-order valence-corrected chi connectivity index (χ0v) is 17.1. The normalized spacial score (nSPS) is 10.2. The predicted molar refractivity (Wildman–Crippen MR) is 113 cm³/mol. The molecule has 8 nitrogen and oxygen atoms in total. The van der Waals surface area contributed by atoms with E-state index >= 15 is 0 Å². The molecule has 2 aromatic rings. The summed E-state index contributed by atoms with van der Waals surface area (Å²) < 4.78 is 15.5. The fourth-order valence-electron chi connectivity index (χ4n) is 2.37. The summed E-state index contributed by atoms with van der Waals surface area (Å²) in [4.78, 5) is 24.0. The van der Waals surface area contributed by atoms with Crippen LogP contribution in [0, 0.1) is 5.92 Å². The molecule has 0 saturated heterocycles. The number of ether oxygens (including phenoxy) is 3. The van der Waals surface area contributed by atoms with Gasteiger partial charge in [0.1, 0.15) is 11.5 Å². The van der Waals surface area contributed by atoms with E-state index in [1.807, 2.05) is 13.8 Å². The van der Waals surface area contributed by atoms with Crippen molar-refractivity contribution in [2.45, 2.75) is 13.8 Å². The first kappa shape index (κ1) is 21.9. The monoisotopic (exact) mass is 401 g/mol. The highest BCUT2D eigenvalue weighted by Crippen LogP contribution is 2.25. The van der Waals surface area contributed by atoms with E-state index in [4.69, 9.17) is 14.2 Å². The quantitative estimate of drug-likeness (QED) is 0.588. The molecule has 0 radical (unpaired) electrons. The average molecular weight is 401 g/mol. The Kier molecular flexibility index (Phi) is 8.14. The molecule has 2 amide bonds. The van der Waals surface area contributed by atoms with Gasteiger partial charge in [-0.25, -0.2) is 4.79 Å². The summed E-state index contributed by atoms with van der Waals surface area (Å²) in [6.07, 6.45) is -0.513. The van der Waals surface area contributed by atoms with E-state index in [1.54, 1.807) is 56.7 Å². The number of methoxy groups -OCH3 is 2. The first-order chi connectivity index (χ1) is 13.9. The minimum absolute atomic E-state index is 0.0424. The van der Waals surface area contributed by atoms with Crippen molar-refractivity contribution >= 4 is 29.1 Å². The van der Waals surface area contributed by atoms with Crippen LogP contribution >= 0.6 is 0 Å². The molecule has 0 unspecified atom stereocenters. The Hall–Kier alpha value is -3.42. The molecular formula is C21H27N3O5. The lowest BCUT2D eigenvalue weighted by Gasteiger charge is -2.12. The number of hydrogen-bond donors (Lipinski definition) is 3. The van der Waals surface area contributed by atoms with E-state index in [0.29, 0.717) is 35.2 Å². The molecule has 0 atom stereocenters. The Labute approximate surface area is 170 Å². The number of carbonyl (C=O) groups excluding carboxylic acids is 2. The van der Waals surface area contributed by atoms with Gasteiger partial charge in [-0.3, -0.25) is 10.1 Å². The third-order valence-corrected chi connectivity index (χ3v) is 3.75. The van der Waals surface area contributed by atoms with Crippen LogP contribution in [0.5, 0.6) is 11.5 Å². The van der Waals surface area contributed by atoms with Gasteiger partial charge >= 0.3 is 6.09 Å². The van der Waals surface area contributed by atoms with Crippen molar-refractivity contribution in [2.24, 2.45) is 5.92 Å². The Morgan fingerprint density at radius 3 is 2.17 bits per heavy atom. The van der Waals surface area contributed by atoms with Gasteiger partial charge in [-0.2, -0.15) is 0 Å². The number of carbonyl (C=O) groups is 2. The van der Waals surface area contributed by atoms with Crippen molar-refractivity contribution in [1.82, 2.24) is 0 Å². The first-order valence-electron chi connectivity index (χ1n) is 9.20. The van der Waals surface area contributed by atoms with Gasteiger partial charge in [0.05, 0.1) is 27.4 Å². The van der Waals surface area contributed by atoms with E-state index in [-0.39, 0.29) is 18.4 Å². The minimum Gasteiger partial charge on any atom is -0.497 e. The van der Waals surface area contributed by atoms with E-state index in [1.165, 1.54) is 0 Å². The SMILES string of the molecule is COc1cc(NC(=O)CNc2cccc(NC(=O)OCC(C)C)c2)cc(OC)c1. The van der Waals surface area contributed by atoms with Gasteiger partial charge in [-0.15, -0.1) is 0 Å². The van der Waals surface area contributed by atoms with Crippen LogP contribution in [0.25, 0.3) is 0 Å². The van der Waals surface area contributed by atoms with E-state index < -0.39 is 6.09 Å². The van der Waals surface area contributed by atoms with Gasteiger partial charge in [0.2, 0.25) is 5.91 Å². The van der Waals surface area contributed by atoms with Crippen molar-refractivity contribution in [1.29, 1.82) is 0 Å². The van der Waals surface area contributed by atoms with E-state index in [0.717, 1.165) is 0 Å². The van der Waals surface area contributed by atoms with Crippen LogP contribution < -0.4 is 25.4 Å². The molecule has 2 aromatic carbocycles. The molecule has 29 heavy (non-hydrogen) atoms. The van der Waals surface area contributed by atoms with Crippen LogP contribution in [-0.2, 0) is 9.53 Å². The highest BCUT2D eigenvalue weighted by molar-refractivity contribution is 5.94. The number of rotatable bonds is 9. The maximum atomic E-state index is 12.3. The van der Waals surface area contributed by atoms with Crippen molar-refractivity contribution in [2.75, 3.05) is 43.3 Å². The first-order valence-corrected chi connectivity index (χ1v) is 9.20. The average Bonchev–Trinajstić information content (AvgIpc) is 2.70. The standard InChI is InChI=1S/C21H27N3O5/c1-14(2)13-29-21(26)24-16-7-5-6-15(8-16)22-12-20(25)23-17-9-18(27-3)11-19(10-17)28-4/h5-11,14,22H,12-13H2,1-4H3,(H,23,25)(H,24,26). The van der Waals surface area contributed by atoms with Crippen LogP contribution in [-0.4, -0.2) is 39.4 Å². The fourth-order valence-corrected chi connectivity index (χ4v) is 2.37. The summed E-state index contributed by atoms with van der Waals surface area (Å²) in [5, 5.41) is 8.46. The molecular weight excluding hydrogens is 374 g/mol. The second kappa shape index (κ2) is 10.8. The molecule has 0 aliphatic carbocycles. The zero-order valence-electron chi connectivity index (χ0n) is 17.1. The molecule has 3 N–H and O–H groups in total. The highest BCUT2D eigenvalue weighted by atomic mass is 16.5. The summed E-state index contributed by atoms with van der Waals surface area (Å²) in [6.45, 7) is 4.31. The molecule has 0 bridgehead atoms. The third-order valence-electron chi connectivity index (χ3n) is 3.75. The molecule has 0 saturated carbocycles. The molecule has 0 spiro atoms. The number of benzene rings is 2. The van der Waals surface area contributed by atoms with E-state index in [2.05, 4.69) is 16.0 Å². The molecule has 0 heterocycles. The second-order valence-electron chi connectivity index (χ2n) is 6.70. The Morgan fingerprint density at radius 2 is 1.55 bits per heavy atom. The Bertz CT molecular complexity index is 817. The van der Waals surface area contributed by atoms with Crippen LogP contribution in [0.15, 0.2) is 42.5 Å². The molecule has 0 aromatic heterocycles. The van der Waals surface area contributed by atoms with Gasteiger partial charge in [0.15, 0.2) is 0 Å². The lowest BCUT2D eigenvalue weighted by Crippen LogP contribution is -2.22. The number of hydrogen-bond acceptors (Lipinski definition) is 6. The van der Waals surface area contributed by atoms with Crippen LogP contribution in [0.2, 0.25) is 0 Å². The summed E-state index contributed by atoms with van der Waals surface area (Å²) >= 11 is 0. The van der Waals surface area contributed by atoms with Gasteiger partial charge in [-0.05, 0) is 24.1 Å². The number of anilines is 3. The Morgan fingerprint density at radius 1 is 0.897 bits per heavy atom. The van der Waals surface area contributed by atoms with Crippen molar-refractivity contribution in [3.8, 4) is 11.5 Å². The van der Waals surface area contributed by atoms with Crippen molar-refractivity contribution < 1.29 is 23.8 Å². The number of nitrogens with one attached hydrogen (secondary N) is 3. The zero-order chi connectivity index (χ0) is 21.2. The van der Waals surface area contributed by atoms with Gasteiger partial charge in [-0.1, -0.05) is 19.9 Å². The second-order valence-corrected chi connectivity index (χ2v) is 6.70. The molecule has 2 rings (SSSR count). The largest absolute Gasteiger partial charge is 0.497 e. The summed E-state index contributed by atoms with van der Waals surface area (Å²) in [7, 11) is 3.09. The lowest BCUT2D eigenvalue weighted by atomic mass is 10.2. The maximum absolute atomic E-state index is 12.3. The van der Waals surface area contributed by atoms with Gasteiger partial charge in [0.25, 0.3) is 0 Å². The summed E-state index contributed by atoms with van der Waals surface area (Å²) in [5.41, 5.74) is 1.82. The Balaban J connectivity index is 1.89. The maximum Gasteiger partial charge on any atom is 0.411 e. The topological polar surface area (TPSA) is 97.9 Å². The summed E-state index contributed by atoms with van der Waals surface area (Å²) in [5.74, 6) is 1.18. The lowest BCUT2D eigenvalue weighted by molar-refractivity contribution is -0.114. The fraction of sp³-hybridized carbons (Fsp3) is 0.333. The van der Waals surface area contributed by atoms with E-state index in [9.17, 15) is 9.59 Å². The van der Waals surface area contributed by atoms with Gasteiger partial charge < -0.3 is 24.8 Å². The molecule has 0 aliphatic heterocycles. The van der Waals surface area contributed by atoms with Crippen LogP contribution in [0.1, 0.15) is 13.8 Å². The molecule has 0 fully saturated rings. The summed E-state index contributed by atoms with van der Waals surface area (Å²) in [6, 6.07) is 12.2. The van der Waals surface area contributed by atoms with Crippen LogP contribution in [0.3, 0.4) is 0 Å². The van der Waals surface area contributed by atoms with Gasteiger partial charge in [0, 0.05) is 35.3 Å². The molecule has 8 heteroatoms. The smallest absolute Gasteiger partial charge is 0.411 e. The van der Waals surface area contributed by atoms with Crippen molar-refractivity contribution in [3.05, 3.63) is 42.5 Å². The molecule has 0 aliphatic rings. The minimum atomic E-state index is -0.513. The third kappa shape index (κ3) is 7.61. The molecule has 156 valence electrons. The predicted octanol–water partition coefficient (Wildman–Crippen LogP) is 3.96. The van der Waals surface area contributed by atoms with Crippen molar-refractivity contribution in [3.63, 3.8) is 0 Å².